The van der Waals surface area contributed by atoms with Gasteiger partial charge in [0.2, 0.25) is 11.8 Å². The fraction of sp³-hybridized carbons (Fsp3) is 0.238. The molecule has 1 aliphatic rings. The van der Waals surface area contributed by atoms with Gasteiger partial charge in [-0.25, -0.2) is 4.99 Å². The molecule has 0 bridgehead atoms. The van der Waals surface area contributed by atoms with Gasteiger partial charge in [0.15, 0.2) is 11.0 Å². The third-order valence-corrected chi connectivity index (χ3v) is 6.22. The number of carbonyl (C=O) groups is 3. The number of amides is 2. The molecule has 29 heavy (non-hydrogen) atoms. The number of Topliss-reactive ketones (excluding diaryl/α,β-unsaturated/α-hetero) is 1. The maximum atomic E-state index is 12.7. The van der Waals surface area contributed by atoms with E-state index in [-0.39, 0.29) is 24.0 Å². The Hall–Kier alpha value is -2.45. The van der Waals surface area contributed by atoms with Crippen molar-refractivity contribution >= 4 is 61.8 Å². The van der Waals surface area contributed by atoms with Crippen LogP contribution < -0.4 is 5.32 Å². The number of halogens is 1. The van der Waals surface area contributed by atoms with Crippen molar-refractivity contribution in [1.82, 2.24) is 4.90 Å². The smallest absolute Gasteiger partial charge is 0.242 e. The molecule has 0 radical (unpaired) electrons. The third-order valence-electron chi connectivity index (χ3n) is 4.35. The van der Waals surface area contributed by atoms with E-state index in [1.165, 1.54) is 18.7 Å². The summed E-state index contributed by atoms with van der Waals surface area (Å²) in [5, 5.41) is 2.87. The summed E-state index contributed by atoms with van der Waals surface area (Å²) in [5.41, 5.74) is 1.93. The van der Waals surface area contributed by atoms with E-state index in [2.05, 4.69) is 26.2 Å². The minimum Gasteiger partial charge on any atom is -0.325 e. The first-order valence-corrected chi connectivity index (χ1v) is 10.8. The molecule has 1 heterocycles. The number of amidine groups is 1. The highest BCUT2D eigenvalue weighted by Crippen LogP contribution is 2.32. The van der Waals surface area contributed by atoms with Crippen LogP contribution in [0.4, 0.5) is 11.4 Å². The highest BCUT2D eigenvalue weighted by molar-refractivity contribution is 9.10. The number of hydrogen-bond donors (Lipinski definition) is 1. The van der Waals surface area contributed by atoms with Gasteiger partial charge in [-0.2, -0.15) is 0 Å². The summed E-state index contributed by atoms with van der Waals surface area (Å²) in [6.07, 6.45) is 0.0592. The zero-order chi connectivity index (χ0) is 21.0. The van der Waals surface area contributed by atoms with Gasteiger partial charge in [-0.05, 0) is 66.2 Å². The lowest BCUT2D eigenvalue weighted by Crippen LogP contribution is -2.33. The summed E-state index contributed by atoms with van der Waals surface area (Å²) in [7, 11) is 0. The Kier molecular flexibility index (Phi) is 6.87. The number of ketones is 1. The highest BCUT2D eigenvalue weighted by atomic mass is 79.9. The monoisotopic (exact) mass is 473 g/mol. The number of para-hydroxylation sites is 1. The van der Waals surface area contributed by atoms with Crippen molar-refractivity contribution < 1.29 is 14.4 Å². The lowest BCUT2D eigenvalue weighted by Gasteiger charge is -2.13. The molecule has 0 spiro atoms. The van der Waals surface area contributed by atoms with Gasteiger partial charge in [0.25, 0.3) is 0 Å². The van der Waals surface area contributed by atoms with Crippen LogP contribution in [0.3, 0.4) is 0 Å². The molecule has 1 N–H and O–H groups in total. The number of anilines is 1. The van der Waals surface area contributed by atoms with Crippen LogP contribution in [-0.2, 0) is 9.59 Å². The highest BCUT2D eigenvalue weighted by Gasteiger charge is 2.38. The molecule has 2 aromatic rings. The second-order valence-electron chi connectivity index (χ2n) is 6.42. The SMILES string of the molecule is CCN1C(=O)C(CC(=O)Nc2ccccc2Br)SC1=Nc1ccc(C(C)=O)cc1. The fourth-order valence-corrected chi connectivity index (χ4v) is 4.44. The number of carbonyl (C=O) groups excluding carboxylic acids is 3. The second kappa shape index (κ2) is 9.37. The maximum absolute atomic E-state index is 12.7. The molecule has 1 aliphatic heterocycles. The normalized spacial score (nSPS) is 17.6. The first kappa shape index (κ1) is 21.3. The molecule has 1 fully saturated rings. The molecule has 0 saturated carbocycles. The summed E-state index contributed by atoms with van der Waals surface area (Å²) in [5.74, 6) is -0.370. The molecule has 1 atom stereocenters. The van der Waals surface area contributed by atoms with E-state index in [0.29, 0.717) is 28.7 Å². The van der Waals surface area contributed by atoms with Crippen LogP contribution in [-0.4, -0.2) is 39.5 Å². The molecule has 3 rings (SSSR count). The minimum atomic E-state index is -0.521. The molecular formula is C21H20BrN3O3S. The Morgan fingerprint density at radius 3 is 2.48 bits per heavy atom. The zero-order valence-electron chi connectivity index (χ0n) is 16.0. The number of thioether (sulfide) groups is 1. The second-order valence-corrected chi connectivity index (χ2v) is 8.44. The zero-order valence-corrected chi connectivity index (χ0v) is 18.4. The molecule has 0 aliphatic carbocycles. The van der Waals surface area contributed by atoms with Crippen molar-refractivity contribution in [2.45, 2.75) is 25.5 Å². The van der Waals surface area contributed by atoms with Gasteiger partial charge in [-0.15, -0.1) is 0 Å². The molecule has 2 aromatic carbocycles. The first-order valence-electron chi connectivity index (χ1n) is 9.11. The Morgan fingerprint density at radius 1 is 1.17 bits per heavy atom. The molecule has 1 saturated heterocycles. The van der Waals surface area contributed by atoms with Gasteiger partial charge in [-0.1, -0.05) is 23.9 Å². The molecule has 8 heteroatoms. The number of rotatable bonds is 6. The van der Waals surface area contributed by atoms with Crippen LogP contribution in [0.5, 0.6) is 0 Å². The third kappa shape index (κ3) is 5.13. The average molecular weight is 474 g/mol. The van der Waals surface area contributed by atoms with Gasteiger partial charge in [-0.3, -0.25) is 19.3 Å². The summed E-state index contributed by atoms with van der Waals surface area (Å²) in [6.45, 7) is 3.85. The Labute approximate surface area is 181 Å². The van der Waals surface area contributed by atoms with Crippen LogP contribution >= 0.6 is 27.7 Å². The van der Waals surface area contributed by atoms with Gasteiger partial charge >= 0.3 is 0 Å². The Morgan fingerprint density at radius 2 is 1.86 bits per heavy atom. The summed E-state index contributed by atoms with van der Waals surface area (Å²) in [6, 6.07) is 14.2. The van der Waals surface area contributed by atoms with Crippen molar-refractivity contribution in [3.8, 4) is 0 Å². The number of hydrogen-bond acceptors (Lipinski definition) is 5. The van der Waals surface area contributed by atoms with E-state index >= 15 is 0 Å². The first-order chi connectivity index (χ1) is 13.9. The van der Waals surface area contributed by atoms with Gasteiger partial charge in [0, 0.05) is 23.0 Å². The van der Waals surface area contributed by atoms with Crippen LogP contribution in [0.1, 0.15) is 30.6 Å². The summed E-state index contributed by atoms with van der Waals surface area (Å²) < 4.78 is 0.783. The number of benzene rings is 2. The van der Waals surface area contributed by atoms with Crippen LogP contribution in [0.15, 0.2) is 58.0 Å². The Balaban J connectivity index is 1.72. The lowest BCUT2D eigenvalue weighted by atomic mass is 10.1. The summed E-state index contributed by atoms with van der Waals surface area (Å²) in [4.78, 5) is 42.7. The van der Waals surface area contributed by atoms with Crippen molar-refractivity contribution in [2.75, 3.05) is 11.9 Å². The minimum absolute atomic E-state index is 0.0130. The topological polar surface area (TPSA) is 78.8 Å². The number of nitrogens with one attached hydrogen (secondary N) is 1. The van der Waals surface area contributed by atoms with Gasteiger partial charge in [0.05, 0.1) is 11.4 Å². The van der Waals surface area contributed by atoms with Crippen molar-refractivity contribution in [2.24, 2.45) is 4.99 Å². The maximum Gasteiger partial charge on any atom is 0.242 e. The predicted octanol–water partition coefficient (Wildman–Crippen LogP) is 4.63. The van der Waals surface area contributed by atoms with Crippen molar-refractivity contribution in [1.29, 1.82) is 0 Å². The van der Waals surface area contributed by atoms with Crippen LogP contribution in [0.25, 0.3) is 0 Å². The molecule has 6 nitrogen and oxygen atoms in total. The summed E-state index contributed by atoms with van der Waals surface area (Å²) >= 11 is 4.68. The quantitative estimate of drug-likeness (QED) is 0.620. The number of nitrogens with zero attached hydrogens (tertiary/aromatic N) is 2. The lowest BCUT2D eigenvalue weighted by molar-refractivity contribution is -0.128. The van der Waals surface area contributed by atoms with E-state index in [1.54, 1.807) is 35.2 Å². The molecule has 0 aromatic heterocycles. The number of aliphatic imine (C=N–C) groups is 1. The predicted molar refractivity (Wildman–Crippen MR) is 120 cm³/mol. The van der Waals surface area contributed by atoms with E-state index < -0.39 is 5.25 Å². The van der Waals surface area contributed by atoms with E-state index in [4.69, 9.17) is 0 Å². The van der Waals surface area contributed by atoms with Gasteiger partial charge in [0.1, 0.15) is 5.25 Å². The standard InChI is InChI=1S/C21H20BrN3O3S/c1-3-25-20(28)18(12-19(27)24-17-7-5-4-6-16(17)22)29-21(25)23-15-10-8-14(9-11-15)13(2)26/h4-11,18H,3,12H2,1-2H3,(H,24,27). The largest absolute Gasteiger partial charge is 0.325 e. The van der Waals surface area contributed by atoms with E-state index in [9.17, 15) is 14.4 Å². The van der Waals surface area contributed by atoms with E-state index in [1.807, 2.05) is 25.1 Å². The van der Waals surface area contributed by atoms with Crippen LogP contribution in [0, 0.1) is 0 Å². The fourth-order valence-electron chi connectivity index (χ4n) is 2.83. The Bertz CT molecular complexity index is 975. The molecule has 1 unspecified atom stereocenters. The van der Waals surface area contributed by atoms with Gasteiger partial charge < -0.3 is 5.32 Å². The van der Waals surface area contributed by atoms with Crippen LogP contribution in [0.2, 0.25) is 0 Å². The average Bonchev–Trinajstić information content (AvgIpc) is 2.98. The molecular weight excluding hydrogens is 454 g/mol. The molecule has 2 amide bonds. The van der Waals surface area contributed by atoms with E-state index in [0.717, 1.165) is 4.47 Å². The van der Waals surface area contributed by atoms with Crippen molar-refractivity contribution in [3.63, 3.8) is 0 Å². The molecule has 150 valence electrons. The van der Waals surface area contributed by atoms with Crippen molar-refractivity contribution in [3.05, 3.63) is 58.6 Å².